The zero-order chi connectivity index (χ0) is 20.6. The van der Waals surface area contributed by atoms with Crippen LogP contribution in [-0.2, 0) is 9.53 Å². The standard InChI is InChI=1S/C21H23N5O3/c1-21(2,3)29-20(28)22-15-11-9-13(10-12-15)16-5-4-6-17-23-19(25-26(16)17)24-18(27)14-7-8-14/h4-6,9-12,14H,7-8H2,1-3H3,(H,22,28)(H,24,25,27). The van der Waals surface area contributed by atoms with Crippen LogP contribution < -0.4 is 10.6 Å². The fourth-order valence-electron chi connectivity index (χ4n) is 2.88. The van der Waals surface area contributed by atoms with E-state index in [0.717, 1.165) is 24.1 Å². The highest BCUT2D eigenvalue weighted by Crippen LogP contribution is 2.30. The Bertz CT molecular complexity index is 1060. The van der Waals surface area contributed by atoms with Gasteiger partial charge in [-0.15, -0.1) is 5.10 Å². The number of hydrogen-bond acceptors (Lipinski definition) is 5. The van der Waals surface area contributed by atoms with Crippen molar-refractivity contribution in [3.63, 3.8) is 0 Å². The van der Waals surface area contributed by atoms with Crippen LogP contribution in [0, 0.1) is 5.92 Å². The fourth-order valence-corrected chi connectivity index (χ4v) is 2.88. The van der Waals surface area contributed by atoms with Gasteiger partial charge in [0.05, 0.1) is 5.69 Å². The molecule has 1 aromatic carbocycles. The molecule has 2 heterocycles. The molecule has 1 aliphatic rings. The molecule has 0 spiro atoms. The summed E-state index contributed by atoms with van der Waals surface area (Å²) in [4.78, 5) is 28.3. The molecule has 2 aromatic heterocycles. The molecule has 2 amide bonds. The summed E-state index contributed by atoms with van der Waals surface area (Å²) in [6.45, 7) is 5.45. The number of carbonyl (C=O) groups excluding carboxylic acids is 2. The van der Waals surface area contributed by atoms with Crippen molar-refractivity contribution in [3.8, 4) is 11.3 Å². The van der Waals surface area contributed by atoms with Gasteiger partial charge in [-0.2, -0.15) is 4.98 Å². The molecule has 0 atom stereocenters. The Labute approximate surface area is 168 Å². The number of rotatable bonds is 4. The minimum atomic E-state index is -0.556. The fraction of sp³-hybridized carbons (Fsp3) is 0.333. The van der Waals surface area contributed by atoms with E-state index in [1.54, 1.807) is 16.6 Å². The molecule has 8 heteroatoms. The molecule has 1 fully saturated rings. The third-order valence-electron chi connectivity index (χ3n) is 4.37. The first kappa shape index (κ1) is 18.9. The van der Waals surface area contributed by atoms with Crippen LogP contribution >= 0.6 is 0 Å². The summed E-state index contributed by atoms with van der Waals surface area (Å²) >= 11 is 0. The van der Waals surface area contributed by atoms with Crippen molar-refractivity contribution < 1.29 is 14.3 Å². The summed E-state index contributed by atoms with van der Waals surface area (Å²) in [5.41, 5.74) is 2.44. The van der Waals surface area contributed by atoms with Crippen molar-refractivity contribution in [1.82, 2.24) is 14.6 Å². The van der Waals surface area contributed by atoms with E-state index >= 15 is 0 Å². The summed E-state index contributed by atoms with van der Waals surface area (Å²) in [7, 11) is 0. The predicted molar refractivity (Wildman–Crippen MR) is 110 cm³/mol. The second kappa shape index (κ2) is 7.20. The Morgan fingerprint density at radius 3 is 2.45 bits per heavy atom. The third-order valence-corrected chi connectivity index (χ3v) is 4.37. The highest BCUT2D eigenvalue weighted by Gasteiger charge is 2.30. The van der Waals surface area contributed by atoms with Crippen molar-refractivity contribution in [3.05, 3.63) is 42.5 Å². The largest absolute Gasteiger partial charge is 0.444 e. The van der Waals surface area contributed by atoms with Crippen LogP contribution in [0.3, 0.4) is 0 Å². The minimum Gasteiger partial charge on any atom is -0.444 e. The summed E-state index contributed by atoms with van der Waals surface area (Å²) in [5, 5.41) is 9.93. The Balaban J connectivity index is 1.53. The van der Waals surface area contributed by atoms with E-state index in [0.29, 0.717) is 17.3 Å². The summed E-state index contributed by atoms with van der Waals surface area (Å²) in [6.07, 6.45) is 1.35. The van der Waals surface area contributed by atoms with Gasteiger partial charge in [0.25, 0.3) is 0 Å². The molecule has 1 aliphatic carbocycles. The van der Waals surface area contributed by atoms with Crippen LogP contribution in [0.2, 0.25) is 0 Å². The maximum absolute atomic E-state index is 12.0. The van der Waals surface area contributed by atoms with E-state index in [-0.39, 0.29) is 11.8 Å². The molecule has 29 heavy (non-hydrogen) atoms. The second-order valence-corrected chi connectivity index (χ2v) is 8.08. The molecule has 0 aliphatic heterocycles. The Kier molecular flexibility index (Phi) is 4.70. The number of fused-ring (bicyclic) bond motifs is 1. The van der Waals surface area contributed by atoms with Gasteiger partial charge in [0.2, 0.25) is 11.9 Å². The Hall–Kier alpha value is -3.42. The van der Waals surface area contributed by atoms with Crippen molar-refractivity contribution in [1.29, 1.82) is 0 Å². The lowest BCUT2D eigenvalue weighted by atomic mass is 10.1. The molecule has 150 valence electrons. The number of anilines is 2. The van der Waals surface area contributed by atoms with Gasteiger partial charge in [0.15, 0.2) is 5.65 Å². The molecule has 0 unspecified atom stereocenters. The van der Waals surface area contributed by atoms with Gasteiger partial charge in [0, 0.05) is 17.2 Å². The SMILES string of the molecule is CC(C)(C)OC(=O)Nc1ccc(-c2cccc3nc(NC(=O)C4CC4)nn23)cc1. The molecule has 0 bridgehead atoms. The quantitative estimate of drug-likeness (QED) is 0.696. The molecular weight excluding hydrogens is 370 g/mol. The molecule has 3 aromatic rings. The maximum Gasteiger partial charge on any atom is 0.412 e. The summed E-state index contributed by atoms with van der Waals surface area (Å²) in [6, 6.07) is 13.0. The van der Waals surface area contributed by atoms with E-state index in [1.165, 1.54) is 0 Å². The van der Waals surface area contributed by atoms with Crippen LogP contribution in [0.4, 0.5) is 16.4 Å². The zero-order valence-corrected chi connectivity index (χ0v) is 16.6. The molecule has 4 rings (SSSR count). The van der Waals surface area contributed by atoms with Crippen molar-refractivity contribution >= 4 is 29.3 Å². The van der Waals surface area contributed by atoms with E-state index < -0.39 is 11.7 Å². The van der Waals surface area contributed by atoms with E-state index in [4.69, 9.17) is 4.74 Å². The Morgan fingerprint density at radius 1 is 1.07 bits per heavy atom. The van der Waals surface area contributed by atoms with Crippen LogP contribution in [0.15, 0.2) is 42.5 Å². The molecule has 1 saturated carbocycles. The summed E-state index contributed by atoms with van der Waals surface area (Å²) < 4.78 is 6.96. The van der Waals surface area contributed by atoms with Crippen molar-refractivity contribution in [2.45, 2.75) is 39.2 Å². The molecule has 0 saturated heterocycles. The number of benzene rings is 1. The van der Waals surface area contributed by atoms with Gasteiger partial charge >= 0.3 is 6.09 Å². The minimum absolute atomic E-state index is 0.0278. The highest BCUT2D eigenvalue weighted by atomic mass is 16.6. The lowest BCUT2D eigenvalue weighted by Gasteiger charge is -2.19. The first-order valence-corrected chi connectivity index (χ1v) is 9.56. The van der Waals surface area contributed by atoms with Crippen LogP contribution in [0.1, 0.15) is 33.6 Å². The third kappa shape index (κ3) is 4.53. The van der Waals surface area contributed by atoms with Crippen molar-refractivity contribution in [2.75, 3.05) is 10.6 Å². The Morgan fingerprint density at radius 2 is 1.79 bits per heavy atom. The van der Waals surface area contributed by atoms with Crippen LogP contribution in [0.25, 0.3) is 16.9 Å². The number of pyridine rings is 1. The smallest absolute Gasteiger partial charge is 0.412 e. The lowest BCUT2D eigenvalue weighted by molar-refractivity contribution is -0.117. The monoisotopic (exact) mass is 393 g/mol. The molecule has 8 nitrogen and oxygen atoms in total. The number of nitrogens with zero attached hydrogens (tertiary/aromatic N) is 3. The highest BCUT2D eigenvalue weighted by molar-refractivity contribution is 5.92. The average Bonchev–Trinajstić information content (AvgIpc) is 3.41. The van der Waals surface area contributed by atoms with Gasteiger partial charge in [0.1, 0.15) is 5.60 Å². The normalized spacial score (nSPS) is 13.9. The van der Waals surface area contributed by atoms with Crippen LogP contribution in [0.5, 0.6) is 0 Å². The van der Waals surface area contributed by atoms with E-state index in [1.807, 2.05) is 51.1 Å². The first-order chi connectivity index (χ1) is 13.8. The second-order valence-electron chi connectivity index (χ2n) is 8.08. The summed E-state index contributed by atoms with van der Waals surface area (Å²) in [5.74, 6) is 0.365. The number of hydrogen-bond donors (Lipinski definition) is 2. The zero-order valence-electron chi connectivity index (χ0n) is 16.6. The van der Waals surface area contributed by atoms with E-state index in [9.17, 15) is 9.59 Å². The number of carbonyl (C=O) groups is 2. The van der Waals surface area contributed by atoms with Gasteiger partial charge in [-0.3, -0.25) is 15.4 Å². The average molecular weight is 393 g/mol. The maximum atomic E-state index is 12.0. The first-order valence-electron chi connectivity index (χ1n) is 9.56. The molecular formula is C21H23N5O3. The van der Waals surface area contributed by atoms with Gasteiger partial charge in [-0.05, 0) is 57.9 Å². The number of ether oxygens (including phenoxy) is 1. The van der Waals surface area contributed by atoms with Gasteiger partial charge in [-0.1, -0.05) is 18.2 Å². The number of amides is 2. The topological polar surface area (TPSA) is 97.6 Å². The van der Waals surface area contributed by atoms with Gasteiger partial charge in [-0.25, -0.2) is 9.31 Å². The lowest BCUT2D eigenvalue weighted by Crippen LogP contribution is -2.27. The van der Waals surface area contributed by atoms with Crippen molar-refractivity contribution in [2.24, 2.45) is 5.92 Å². The van der Waals surface area contributed by atoms with Gasteiger partial charge < -0.3 is 4.74 Å². The molecule has 2 N–H and O–H groups in total. The van der Waals surface area contributed by atoms with E-state index in [2.05, 4.69) is 20.7 Å². The number of aromatic nitrogens is 3. The van der Waals surface area contributed by atoms with Crippen LogP contribution in [-0.4, -0.2) is 32.2 Å². The predicted octanol–water partition coefficient (Wildman–Crippen LogP) is 4.09. The molecule has 0 radical (unpaired) electrons. The number of nitrogens with one attached hydrogen (secondary N) is 2.